The molecule has 4 aromatic rings. The van der Waals surface area contributed by atoms with Crippen LogP contribution in [0.15, 0.2) is 30.3 Å². The number of nitrogens with zero attached hydrogens (tertiary/aromatic N) is 3. The molecule has 0 bridgehead atoms. The number of benzene rings is 1. The summed E-state index contributed by atoms with van der Waals surface area (Å²) in [7, 11) is 0. The maximum absolute atomic E-state index is 12.8. The van der Waals surface area contributed by atoms with E-state index in [9.17, 15) is 9.59 Å². The van der Waals surface area contributed by atoms with Crippen LogP contribution >= 0.6 is 22.9 Å². The number of H-pyrrole nitrogens is 1. The molecule has 0 saturated heterocycles. The number of carbonyl (C=O) groups is 2. The topological polar surface area (TPSA) is 119 Å². The molecule has 0 atom stereocenters. The van der Waals surface area contributed by atoms with E-state index in [2.05, 4.69) is 20.6 Å². The average Bonchev–Trinajstić information content (AvgIpc) is 3.34. The Hall–Kier alpha value is -3.17. The van der Waals surface area contributed by atoms with Gasteiger partial charge in [-0.3, -0.25) is 19.4 Å². The van der Waals surface area contributed by atoms with Crippen molar-refractivity contribution in [3.05, 3.63) is 62.9 Å². The zero-order valence-electron chi connectivity index (χ0n) is 15.6. The number of hydrogen-bond acceptors (Lipinski definition) is 5. The monoisotopic (exact) mass is 428 g/mol. The number of anilines is 1. The minimum absolute atomic E-state index is 0.00190. The van der Waals surface area contributed by atoms with Crippen LogP contribution in [0.2, 0.25) is 5.02 Å². The Morgan fingerprint density at radius 2 is 2.00 bits per heavy atom. The van der Waals surface area contributed by atoms with E-state index >= 15 is 0 Å². The molecular weight excluding hydrogens is 412 g/mol. The molecule has 0 saturated carbocycles. The lowest BCUT2D eigenvalue weighted by Crippen LogP contribution is -2.17. The number of hydrogen-bond donors (Lipinski definition) is 3. The van der Waals surface area contributed by atoms with Gasteiger partial charge in [-0.1, -0.05) is 23.7 Å². The van der Waals surface area contributed by atoms with Gasteiger partial charge in [0.05, 0.1) is 28.5 Å². The Morgan fingerprint density at radius 1 is 1.28 bits per heavy atom. The normalized spacial score (nSPS) is 11.1. The molecule has 0 aliphatic heterocycles. The van der Waals surface area contributed by atoms with Crippen LogP contribution in [-0.4, -0.2) is 31.8 Å². The second-order valence-corrected chi connectivity index (χ2v) is 8.06. The Morgan fingerprint density at radius 3 is 2.69 bits per heavy atom. The summed E-state index contributed by atoms with van der Waals surface area (Å²) in [4.78, 5) is 25.7. The average molecular weight is 429 g/mol. The zero-order valence-corrected chi connectivity index (χ0v) is 17.2. The molecule has 0 fully saturated rings. The van der Waals surface area contributed by atoms with Crippen molar-refractivity contribution in [2.45, 2.75) is 20.4 Å². The number of rotatable bonds is 5. The number of aromatic nitrogens is 4. The van der Waals surface area contributed by atoms with E-state index in [-0.39, 0.29) is 11.6 Å². The third kappa shape index (κ3) is 3.62. The van der Waals surface area contributed by atoms with Crippen molar-refractivity contribution in [3.63, 3.8) is 0 Å². The van der Waals surface area contributed by atoms with E-state index < -0.39 is 5.91 Å². The highest BCUT2D eigenvalue weighted by Gasteiger charge is 2.21. The second kappa shape index (κ2) is 7.34. The molecule has 4 rings (SSSR count). The van der Waals surface area contributed by atoms with Crippen molar-refractivity contribution in [2.75, 3.05) is 5.32 Å². The maximum Gasteiger partial charge on any atom is 0.271 e. The Labute approximate surface area is 174 Å². The van der Waals surface area contributed by atoms with Gasteiger partial charge < -0.3 is 11.1 Å². The second-order valence-electron chi connectivity index (χ2n) is 6.59. The van der Waals surface area contributed by atoms with Crippen LogP contribution in [0.25, 0.3) is 10.2 Å². The molecule has 10 heteroatoms. The van der Waals surface area contributed by atoms with Crippen molar-refractivity contribution < 1.29 is 9.59 Å². The number of thiophene rings is 1. The van der Waals surface area contributed by atoms with Gasteiger partial charge in [0.15, 0.2) is 5.69 Å². The third-order valence-corrected chi connectivity index (χ3v) is 5.90. The Bertz CT molecular complexity index is 1240. The number of nitrogens with two attached hydrogens (primary N) is 1. The summed E-state index contributed by atoms with van der Waals surface area (Å²) < 4.78 is 1.87. The third-order valence-electron chi connectivity index (χ3n) is 4.50. The highest BCUT2D eigenvalue weighted by Crippen LogP contribution is 2.30. The highest BCUT2D eigenvalue weighted by molar-refractivity contribution is 7.20. The van der Waals surface area contributed by atoms with Crippen molar-refractivity contribution in [1.29, 1.82) is 0 Å². The molecular formula is C19H17ClN6O2S. The molecule has 1 aromatic carbocycles. The first-order chi connectivity index (χ1) is 13.8. The molecule has 2 amide bonds. The molecule has 0 aliphatic carbocycles. The van der Waals surface area contributed by atoms with Crippen molar-refractivity contribution in [3.8, 4) is 0 Å². The summed E-state index contributed by atoms with van der Waals surface area (Å²) in [5, 5.41) is 15.4. The number of primary amides is 1. The van der Waals surface area contributed by atoms with Gasteiger partial charge in [0.1, 0.15) is 4.83 Å². The molecule has 0 radical (unpaired) electrons. The van der Waals surface area contributed by atoms with Gasteiger partial charge in [-0.25, -0.2) is 0 Å². The minimum Gasteiger partial charge on any atom is -0.364 e. The largest absolute Gasteiger partial charge is 0.364 e. The van der Waals surface area contributed by atoms with Crippen LogP contribution in [0, 0.1) is 13.8 Å². The smallest absolute Gasteiger partial charge is 0.271 e. The van der Waals surface area contributed by atoms with Crippen LogP contribution < -0.4 is 11.1 Å². The first-order valence-corrected chi connectivity index (χ1v) is 9.90. The summed E-state index contributed by atoms with van der Waals surface area (Å²) >= 11 is 7.28. The van der Waals surface area contributed by atoms with Crippen LogP contribution in [0.1, 0.15) is 37.1 Å². The summed E-state index contributed by atoms with van der Waals surface area (Å²) in [6.45, 7) is 4.17. The molecule has 29 heavy (non-hydrogen) atoms. The number of aryl methyl sites for hydroxylation is 2. The van der Waals surface area contributed by atoms with Crippen molar-refractivity contribution in [2.24, 2.45) is 5.73 Å². The predicted molar refractivity (Wildman–Crippen MR) is 113 cm³/mol. The predicted octanol–water partition coefficient (Wildman–Crippen LogP) is 3.49. The van der Waals surface area contributed by atoms with E-state index in [0.29, 0.717) is 27.8 Å². The lowest BCUT2D eigenvalue weighted by molar-refractivity contribution is 0.0996. The molecule has 0 unspecified atom stereocenters. The van der Waals surface area contributed by atoms with Crippen molar-refractivity contribution in [1.82, 2.24) is 20.0 Å². The van der Waals surface area contributed by atoms with Gasteiger partial charge in [-0.05, 0) is 37.6 Å². The molecule has 3 heterocycles. The molecule has 148 valence electrons. The number of carbonyl (C=O) groups excluding carboxylic acids is 2. The quantitative estimate of drug-likeness (QED) is 0.450. The van der Waals surface area contributed by atoms with Gasteiger partial charge in [-0.15, -0.1) is 11.3 Å². The van der Waals surface area contributed by atoms with Crippen LogP contribution in [-0.2, 0) is 6.54 Å². The molecule has 8 nitrogen and oxygen atoms in total. The lowest BCUT2D eigenvalue weighted by atomic mass is 10.2. The lowest BCUT2D eigenvalue weighted by Gasteiger charge is -2.04. The first kappa shape index (κ1) is 19.2. The highest BCUT2D eigenvalue weighted by atomic mass is 35.5. The number of aromatic amines is 1. The van der Waals surface area contributed by atoms with E-state index in [4.69, 9.17) is 17.3 Å². The molecule has 3 aromatic heterocycles. The number of halogens is 1. The van der Waals surface area contributed by atoms with Gasteiger partial charge in [0.2, 0.25) is 0 Å². The van der Waals surface area contributed by atoms with E-state index in [1.54, 1.807) is 13.0 Å². The number of fused-ring (bicyclic) bond motifs is 1. The summed E-state index contributed by atoms with van der Waals surface area (Å²) in [5.74, 6) is -1.05. The van der Waals surface area contributed by atoms with Crippen LogP contribution in [0.4, 0.5) is 5.69 Å². The van der Waals surface area contributed by atoms with Crippen LogP contribution in [0.3, 0.4) is 0 Å². The van der Waals surface area contributed by atoms with E-state index in [1.165, 1.54) is 11.3 Å². The number of nitrogens with one attached hydrogen (secondary N) is 2. The Balaban J connectivity index is 1.64. The summed E-state index contributed by atoms with van der Waals surface area (Å²) in [6, 6.07) is 9.36. The van der Waals surface area contributed by atoms with E-state index in [1.807, 2.05) is 35.9 Å². The molecule has 0 spiro atoms. The fraction of sp³-hybridized carbons (Fsp3) is 0.158. The van der Waals surface area contributed by atoms with Gasteiger partial charge >= 0.3 is 0 Å². The molecule has 0 aliphatic rings. The maximum atomic E-state index is 12.8. The Kier molecular flexibility index (Phi) is 4.85. The summed E-state index contributed by atoms with van der Waals surface area (Å²) in [5.41, 5.74) is 8.06. The van der Waals surface area contributed by atoms with Crippen LogP contribution in [0.5, 0.6) is 0 Å². The molecule has 4 N–H and O–H groups in total. The van der Waals surface area contributed by atoms with Gasteiger partial charge in [0.25, 0.3) is 11.8 Å². The number of amides is 2. The van der Waals surface area contributed by atoms with Gasteiger partial charge in [-0.2, -0.15) is 10.2 Å². The fourth-order valence-electron chi connectivity index (χ4n) is 3.03. The van der Waals surface area contributed by atoms with Gasteiger partial charge in [0, 0.05) is 10.4 Å². The van der Waals surface area contributed by atoms with E-state index in [0.717, 1.165) is 21.5 Å². The van der Waals surface area contributed by atoms with Crippen molar-refractivity contribution >= 4 is 50.7 Å². The zero-order chi connectivity index (χ0) is 20.7. The standard InChI is InChI=1S/C19H17ClN6O2S/c1-9-13-7-14(18(28)22-15-10(2)23-24-16(15)17(21)27)29-19(13)26(25-9)8-11-3-5-12(20)6-4-11/h3-7H,8H2,1-2H3,(H2,21,27)(H,22,28)(H,23,24). The fourth-order valence-corrected chi connectivity index (χ4v) is 4.21. The SMILES string of the molecule is Cc1[nH]nc(C(N)=O)c1NC(=O)c1cc2c(C)nn(Cc3ccc(Cl)cc3)c2s1. The summed E-state index contributed by atoms with van der Waals surface area (Å²) in [6.07, 6.45) is 0. The first-order valence-electron chi connectivity index (χ1n) is 8.71. The minimum atomic E-state index is -0.713.